The molecular formula is C22H24N6O. The molecule has 0 saturated carbocycles. The van der Waals surface area contributed by atoms with Crippen LogP contribution in [-0.2, 0) is 13.0 Å². The van der Waals surface area contributed by atoms with Crippen LogP contribution in [-0.4, -0.2) is 56.9 Å². The Kier molecular flexibility index (Phi) is 4.83. The van der Waals surface area contributed by atoms with Crippen molar-refractivity contribution in [2.45, 2.75) is 19.4 Å². The van der Waals surface area contributed by atoms with Crippen molar-refractivity contribution >= 4 is 5.71 Å². The lowest BCUT2D eigenvalue weighted by Gasteiger charge is -2.26. The van der Waals surface area contributed by atoms with Crippen molar-refractivity contribution in [3.63, 3.8) is 0 Å². The number of benzene rings is 1. The number of hydrogen-bond donors (Lipinski definition) is 3. The molecule has 5 rings (SSSR count). The van der Waals surface area contributed by atoms with E-state index in [0.717, 1.165) is 85.2 Å². The van der Waals surface area contributed by atoms with E-state index in [4.69, 9.17) is 4.98 Å². The molecule has 1 fully saturated rings. The number of nitrogens with one attached hydrogen (secondary N) is 2. The molecule has 1 aliphatic carbocycles. The van der Waals surface area contributed by atoms with Crippen molar-refractivity contribution < 1.29 is 5.21 Å². The number of aromatic nitrogens is 3. The fourth-order valence-corrected chi connectivity index (χ4v) is 4.24. The first-order valence-corrected chi connectivity index (χ1v) is 10.1. The zero-order valence-electron chi connectivity index (χ0n) is 16.2. The predicted octanol–water partition coefficient (Wildman–Crippen LogP) is 2.67. The van der Waals surface area contributed by atoms with Gasteiger partial charge in [0.25, 0.3) is 0 Å². The summed E-state index contributed by atoms with van der Waals surface area (Å²) in [5.74, 6) is 0.979. The number of aryl methyl sites for hydroxylation is 1. The first kappa shape index (κ1) is 18.0. The Balaban J connectivity index is 1.54. The van der Waals surface area contributed by atoms with Gasteiger partial charge in [0.15, 0.2) is 0 Å². The van der Waals surface area contributed by atoms with Crippen LogP contribution >= 0.6 is 0 Å². The van der Waals surface area contributed by atoms with Crippen LogP contribution in [0.3, 0.4) is 0 Å². The molecule has 2 aromatic heterocycles. The van der Waals surface area contributed by atoms with E-state index in [0.29, 0.717) is 0 Å². The second kappa shape index (κ2) is 7.77. The van der Waals surface area contributed by atoms with Gasteiger partial charge in [-0.25, -0.2) is 4.98 Å². The molecule has 0 radical (unpaired) electrons. The number of piperazine rings is 1. The lowest BCUT2D eigenvalue weighted by atomic mass is 10.0. The van der Waals surface area contributed by atoms with Crippen LogP contribution in [0, 0.1) is 0 Å². The number of aromatic amines is 1. The monoisotopic (exact) mass is 388 g/mol. The second-order valence-corrected chi connectivity index (χ2v) is 7.59. The highest BCUT2D eigenvalue weighted by Gasteiger charge is 2.22. The van der Waals surface area contributed by atoms with Gasteiger partial charge in [0.2, 0.25) is 0 Å². The van der Waals surface area contributed by atoms with Crippen molar-refractivity contribution in [3.8, 4) is 22.5 Å². The van der Waals surface area contributed by atoms with Crippen LogP contribution in [0.5, 0.6) is 0 Å². The van der Waals surface area contributed by atoms with E-state index in [1.165, 1.54) is 5.56 Å². The summed E-state index contributed by atoms with van der Waals surface area (Å²) in [4.78, 5) is 15.1. The first-order valence-electron chi connectivity index (χ1n) is 10.1. The largest absolute Gasteiger partial charge is 0.411 e. The minimum Gasteiger partial charge on any atom is -0.411 e. The molecule has 0 unspecified atom stereocenters. The Bertz CT molecular complexity index is 1040. The molecule has 7 nitrogen and oxygen atoms in total. The number of oxime groups is 1. The lowest BCUT2D eigenvalue weighted by molar-refractivity contribution is 0.228. The van der Waals surface area contributed by atoms with Crippen molar-refractivity contribution in [3.05, 3.63) is 59.7 Å². The molecule has 1 aromatic carbocycles. The fraction of sp³-hybridized carbons (Fsp3) is 0.318. The fourth-order valence-electron chi connectivity index (χ4n) is 4.24. The quantitative estimate of drug-likeness (QED) is 0.472. The van der Waals surface area contributed by atoms with E-state index >= 15 is 0 Å². The summed E-state index contributed by atoms with van der Waals surface area (Å²) in [6.07, 6.45) is 5.29. The molecule has 0 bridgehead atoms. The van der Waals surface area contributed by atoms with Crippen molar-refractivity contribution in [1.29, 1.82) is 0 Å². The normalized spacial score (nSPS) is 18.3. The van der Waals surface area contributed by atoms with Gasteiger partial charge in [-0.2, -0.15) is 0 Å². The van der Waals surface area contributed by atoms with Gasteiger partial charge in [-0.05, 0) is 36.6 Å². The van der Waals surface area contributed by atoms with Gasteiger partial charge < -0.3 is 15.5 Å². The highest BCUT2D eigenvalue weighted by atomic mass is 16.4. The van der Waals surface area contributed by atoms with E-state index in [-0.39, 0.29) is 0 Å². The van der Waals surface area contributed by atoms with Crippen LogP contribution in [0.1, 0.15) is 23.4 Å². The van der Waals surface area contributed by atoms with Crippen molar-refractivity contribution in [2.24, 2.45) is 5.16 Å². The summed E-state index contributed by atoms with van der Waals surface area (Å²) in [6, 6.07) is 10.3. The maximum absolute atomic E-state index is 9.21. The molecule has 148 valence electrons. The summed E-state index contributed by atoms with van der Waals surface area (Å²) in [6.45, 7) is 4.91. The van der Waals surface area contributed by atoms with Gasteiger partial charge in [-0.1, -0.05) is 17.3 Å². The van der Waals surface area contributed by atoms with E-state index in [9.17, 15) is 5.21 Å². The summed E-state index contributed by atoms with van der Waals surface area (Å²) >= 11 is 0. The maximum Gasteiger partial charge on any atom is 0.121 e. The molecular weight excluding hydrogens is 364 g/mol. The highest BCUT2D eigenvalue weighted by molar-refractivity contribution is 6.04. The van der Waals surface area contributed by atoms with Crippen LogP contribution in [0.25, 0.3) is 22.5 Å². The van der Waals surface area contributed by atoms with Crippen molar-refractivity contribution in [2.75, 3.05) is 26.2 Å². The zero-order chi connectivity index (χ0) is 19.6. The topological polar surface area (TPSA) is 89.4 Å². The smallest absolute Gasteiger partial charge is 0.121 e. The van der Waals surface area contributed by atoms with Crippen molar-refractivity contribution in [1.82, 2.24) is 25.2 Å². The van der Waals surface area contributed by atoms with E-state index in [1.54, 1.807) is 0 Å². The Morgan fingerprint density at radius 1 is 1.03 bits per heavy atom. The first-order chi connectivity index (χ1) is 14.3. The Morgan fingerprint density at radius 3 is 2.66 bits per heavy atom. The molecule has 3 heterocycles. The summed E-state index contributed by atoms with van der Waals surface area (Å²) < 4.78 is 0. The SMILES string of the molecule is ON=C1CCc2cc(-c3nc(CN4CCNCC4)[nH]c3-c3ccncc3)ccc21. The molecule has 2 aliphatic rings. The second-order valence-electron chi connectivity index (χ2n) is 7.59. The van der Waals surface area contributed by atoms with Crippen LogP contribution < -0.4 is 5.32 Å². The number of fused-ring (bicyclic) bond motifs is 1. The molecule has 3 aromatic rings. The molecule has 3 N–H and O–H groups in total. The van der Waals surface area contributed by atoms with Crippen LogP contribution in [0.4, 0.5) is 0 Å². The van der Waals surface area contributed by atoms with E-state index in [1.807, 2.05) is 30.6 Å². The Labute approximate surface area is 169 Å². The molecule has 0 amide bonds. The standard InChI is InChI=1S/C22H24N6O/c29-27-19-4-2-16-13-17(1-3-18(16)19)22-21(15-5-7-23-8-6-15)25-20(26-22)14-28-11-9-24-10-12-28/h1,3,5-8,13,24,29H,2,4,9-12,14H2,(H,25,26). The average molecular weight is 388 g/mol. The number of nitrogens with zero attached hydrogens (tertiary/aromatic N) is 4. The minimum atomic E-state index is 0.766. The Hall–Kier alpha value is -3.03. The summed E-state index contributed by atoms with van der Waals surface area (Å²) in [5.41, 5.74) is 7.15. The summed E-state index contributed by atoms with van der Waals surface area (Å²) in [7, 11) is 0. The molecule has 29 heavy (non-hydrogen) atoms. The van der Waals surface area contributed by atoms with Gasteiger partial charge in [-0.3, -0.25) is 9.88 Å². The van der Waals surface area contributed by atoms with Gasteiger partial charge in [-0.15, -0.1) is 0 Å². The van der Waals surface area contributed by atoms with Gasteiger partial charge in [0.1, 0.15) is 5.82 Å². The lowest BCUT2D eigenvalue weighted by Crippen LogP contribution is -2.43. The molecule has 0 atom stereocenters. The molecule has 1 aliphatic heterocycles. The van der Waals surface area contributed by atoms with E-state index in [2.05, 4.69) is 37.5 Å². The maximum atomic E-state index is 9.21. The third-order valence-corrected chi connectivity index (χ3v) is 5.75. The number of hydrogen-bond acceptors (Lipinski definition) is 6. The highest BCUT2D eigenvalue weighted by Crippen LogP contribution is 2.33. The third-order valence-electron chi connectivity index (χ3n) is 5.75. The zero-order valence-corrected chi connectivity index (χ0v) is 16.2. The predicted molar refractivity (Wildman–Crippen MR) is 112 cm³/mol. The third kappa shape index (κ3) is 3.54. The minimum absolute atomic E-state index is 0.766. The number of imidazole rings is 1. The average Bonchev–Trinajstić information content (AvgIpc) is 3.38. The van der Waals surface area contributed by atoms with Gasteiger partial charge >= 0.3 is 0 Å². The Morgan fingerprint density at radius 2 is 1.86 bits per heavy atom. The van der Waals surface area contributed by atoms with Gasteiger partial charge in [0.05, 0.1) is 23.6 Å². The van der Waals surface area contributed by atoms with Crippen LogP contribution in [0.15, 0.2) is 47.9 Å². The molecule has 7 heteroatoms. The van der Waals surface area contributed by atoms with E-state index < -0.39 is 0 Å². The molecule has 1 saturated heterocycles. The number of rotatable bonds is 4. The number of pyridine rings is 1. The summed E-state index contributed by atoms with van der Waals surface area (Å²) in [5, 5.41) is 16.0. The number of H-pyrrole nitrogens is 1. The van der Waals surface area contributed by atoms with Gasteiger partial charge in [0, 0.05) is 55.3 Å². The van der Waals surface area contributed by atoms with Crippen LogP contribution in [0.2, 0.25) is 0 Å². The molecule has 0 spiro atoms.